The van der Waals surface area contributed by atoms with Crippen LogP contribution in [0, 0.1) is 0 Å². The van der Waals surface area contributed by atoms with Crippen molar-refractivity contribution in [3.05, 3.63) is 11.9 Å². The van der Waals surface area contributed by atoms with Gasteiger partial charge in [0.1, 0.15) is 5.82 Å². The van der Waals surface area contributed by atoms with Crippen LogP contribution in [0.3, 0.4) is 0 Å². The van der Waals surface area contributed by atoms with Crippen LogP contribution in [0.5, 0.6) is 0 Å². The molecule has 0 aromatic carbocycles. The van der Waals surface area contributed by atoms with Gasteiger partial charge in [-0.25, -0.2) is 0 Å². The fourth-order valence-electron chi connectivity index (χ4n) is 2.92. The van der Waals surface area contributed by atoms with Crippen molar-refractivity contribution in [1.82, 2.24) is 9.80 Å². The van der Waals surface area contributed by atoms with Gasteiger partial charge in [0.2, 0.25) is 0 Å². The molecule has 2 heterocycles. The highest BCUT2D eigenvalue weighted by Crippen LogP contribution is 2.23. The molecule has 0 atom stereocenters. The second-order valence-electron chi connectivity index (χ2n) is 5.35. The number of likely N-dealkylation sites (tertiary alicyclic amines) is 2. The van der Waals surface area contributed by atoms with Crippen molar-refractivity contribution in [2.75, 3.05) is 31.9 Å². The Bertz CT molecular complexity index is 296. The van der Waals surface area contributed by atoms with Crippen molar-refractivity contribution in [2.24, 2.45) is 0 Å². The van der Waals surface area contributed by atoms with E-state index in [0.717, 1.165) is 9.95 Å². The number of thiocarbonyl (C=S) groups is 1. The molecule has 0 unspecified atom stereocenters. The van der Waals surface area contributed by atoms with Crippen LogP contribution >= 0.6 is 24.0 Å². The largest absolute Gasteiger partial charge is 0.358 e. The van der Waals surface area contributed by atoms with E-state index in [2.05, 4.69) is 22.8 Å². The third kappa shape index (κ3) is 4.67. The smallest absolute Gasteiger partial charge is 0.106 e. The van der Waals surface area contributed by atoms with E-state index in [4.69, 9.17) is 12.2 Å². The first kappa shape index (κ1) is 15.2. The van der Waals surface area contributed by atoms with E-state index in [1.54, 1.807) is 11.8 Å². The molecule has 0 saturated carbocycles. The fraction of sp³-hybridized carbons (Fsp3) is 0.800. The Balaban J connectivity index is 2.08. The summed E-state index contributed by atoms with van der Waals surface area (Å²) in [6.07, 6.45) is 10.4. The maximum absolute atomic E-state index is 5.50. The molecule has 0 amide bonds. The molecular formula is C15H26N2S2. The van der Waals surface area contributed by atoms with Crippen molar-refractivity contribution in [2.45, 2.75) is 45.4 Å². The average molecular weight is 299 g/mol. The lowest BCUT2D eigenvalue weighted by molar-refractivity contribution is 0.167. The van der Waals surface area contributed by atoms with Crippen LogP contribution in [0.4, 0.5) is 0 Å². The fourth-order valence-corrected chi connectivity index (χ4v) is 3.85. The van der Waals surface area contributed by atoms with Crippen LogP contribution in [0.2, 0.25) is 0 Å². The van der Waals surface area contributed by atoms with Crippen LogP contribution in [0.15, 0.2) is 11.9 Å². The molecule has 2 aliphatic heterocycles. The molecule has 2 nitrogen and oxygen atoms in total. The number of hydrogen-bond acceptors (Lipinski definition) is 4. The van der Waals surface area contributed by atoms with Gasteiger partial charge < -0.3 is 9.80 Å². The Morgan fingerprint density at radius 2 is 1.42 bits per heavy atom. The number of piperidine rings is 2. The van der Waals surface area contributed by atoms with Crippen LogP contribution in [0.25, 0.3) is 0 Å². The van der Waals surface area contributed by atoms with Gasteiger partial charge in [-0.3, -0.25) is 0 Å². The molecule has 0 N–H and O–H groups in total. The van der Waals surface area contributed by atoms with Gasteiger partial charge in [0, 0.05) is 32.3 Å². The van der Waals surface area contributed by atoms with E-state index in [0.29, 0.717) is 0 Å². The second kappa shape index (κ2) is 8.15. The molecule has 2 aliphatic rings. The first-order valence-corrected chi connectivity index (χ1v) is 9.09. The first-order valence-electron chi connectivity index (χ1n) is 7.69. The Morgan fingerprint density at radius 3 is 1.84 bits per heavy atom. The standard InChI is InChI=1S/C15H26N2S2/c1-2-19-15(18)13-14(16-9-5-3-6-10-16)17-11-7-4-8-12-17/h13H,2-12H2,1H3. The third-order valence-corrected chi connectivity index (χ3v) is 5.06. The Labute approximate surface area is 127 Å². The van der Waals surface area contributed by atoms with Gasteiger partial charge in [0.05, 0.1) is 4.20 Å². The Morgan fingerprint density at radius 1 is 0.947 bits per heavy atom. The first-order chi connectivity index (χ1) is 9.31. The molecule has 0 aromatic heterocycles. The summed E-state index contributed by atoms with van der Waals surface area (Å²) in [5.41, 5.74) is 0. The molecule has 19 heavy (non-hydrogen) atoms. The molecular weight excluding hydrogens is 272 g/mol. The predicted octanol–water partition coefficient (Wildman–Crippen LogP) is 3.88. The predicted molar refractivity (Wildman–Crippen MR) is 89.7 cm³/mol. The molecule has 0 spiro atoms. The van der Waals surface area contributed by atoms with Crippen LogP contribution in [0.1, 0.15) is 45.4 Å². The molecule has 0 aliphatic carbocycles. The van der Waals surface area contributed by atoms with Crippen molar-refractivity contribution in [1.29, 1.82) is 0 Å². The van der Waals surface area contributed by atoms with E-state index >= 15 is 0 Å². The minimum atomic E-state index is 1.05. The summed E-state index contributed by atoms with van der Waals surface area (Å²) >= 11 is 7.29. The lowest BCUT2D eigenvalue weighted by Crippen LogP contribution is -2.41. The highest BCUT2D eigenvalue weighted by molar-refractivity contribution is 8.23. The molecule has 2 fully saturated rings. The summed E-state index contributed by atoms with van der Waals surface area (Å²) in [4.78, 5) is 5.13. The van der Waals surface area contributed by atoms with Gasteiger partial charge >= 0.3 is 0 Å². The van der Waals surface area contributed by atoms with Crippen molar-refractivity contribution < 1.29 is 0 Å². The average Bonchev–Trinajstić information content (AvgIpc) is 2.47. The maximum atomic E-state index is 5.50. The zero-order chi connectivity index (χ0) is 13.5. The van der Waals surface area contributed by atoms with E-state index in [1.165, 1.54) is 70.5 Å². The summed E-state index contributed by atoms with van der Waals surface area (Å²) in [7, 11) is 0. The summed E-state index contributed by atoms with van der Waals surface area (Å²) < 4.78 is 1.05. The molecule has 2 rings (SSSR count). The third-order valence-electron chi connectivity index (χ3n) is 3.89. The number of thioether (sulfide) groups is 1. The Hall–Kier alpha value is -0.220. The van der Waals surface area contributed by atoms with Gasteiger partial charge in [0.25, 0.3) is 0 Å². The number of rotatable bonds is 4. The molecule has 4 heteroatoms. The molecule has 0 aromatic rings. The molecule has 0 radical (unpaired) electrons. The highest BCUT2D eigenvalue weighted by atomic mass is 32.2. The van der Waals surface area contributed by atoms with Gasteiger partial charge in [-0.2, -0.15) is 0 Å². The van der Waals surface area contributed by atoms with Gasteiger partial charge in [0.15, 0.2) is 0 Å². The molecule has 108 valence electrons. The normalized spacial score (nSPS) is 20.3. The zero-order valence-corrected chi connectivity index (χ0v) is 13.7. The van der Waals surface area contributed by atoms with Crippen LogP contribution in [-0.4, -0.2) is 45.9 Å². The second-order valence-corrected chi connectivity index (χ2v) is 7.35. The molecule has 0 bridgehead atoms. The molecule has 2 saturated heterocycles. The van der Waals surface area contributed by atoms with E-state index in [9.17, 15) is 0 Å². The van der Waals surface area contributed by atoms with Gasteiger partial charge in [-0.1, -0.05) is 19.1 Å². The highest BCUT2D eigenvalue weighted by Gasteiger charge is 2.21. The minimum Gasteiger partial charge on any atom is -0.358 e. The lowest BCUT2D eigenvalue weighted by Gasteiger charge is -2.40. The number of nitrogens with zero attached hydrogens (tertiary/aromatic N) is 2. The van der Waals surface area contributed by atoms with Crippen LogP contribution < -0.4 is 0 Å². The summed E-state index contributed by atoms with van der Waals surface area (Å²) in [5, 5.41) is 0. The zero-order valence-electron chi connectivity index (χ0n) is 12.1. The quantitative estimate of drug-likeness (QED) is 0.574. The SMILES string of the molecule is CCSC(=S)C=C(N1CCCCC1)N1CCCCC1. The maximum Gasteiger partial charge on any atom is 0.106 e. The summed E-state index contributed by atoms with van der Waals surface area (Å²) in [5.74, 6) is 2.48. The minimum absolute atomic E-state index is 1.05. The lowest BCUT2D eigenvalue weighted by atomic mass is 10.1. The topological polar surface area (TPSA) is 6.48 Å². The van der Waals surface area contributed by atoms with Gasteiger partial charge in [-0.05, 0) is 44.3 Å². The van der Waals surface area contributed by atoms with Crippen LogP contribution in [-0.2, 0) is 0 Å². The van der Waals surface area contributed by atoms with Gasteiger partial charge in [-0.15, -0.1) is 11.8 Å². The van der Waals surface area contributed by atoms with Crippen molar-refractivity contribution in [3.8, 4) is 0 Å². The number of hydrogen-bond donors (Lipinski definition) is 0. The van der Waals surface area contributed by atoms with E-state index in [-0.39, 0.29) is 0 Å². The van der Waals surface area contributed by atoms with E-state index < -0.39 is 0 Å². The van der Waals surface area contributed by atoms with Crippen molar-refractivity contribution in [3.63, 3.8) is 0 Å². The van der Waals surface area contributed by atoms with E-state index in [1.807, 2.05) is 0 Å². The monoisotopic (exact) mass is 298 g/mol. The van der Waals surface area contributed by atoms with Crippen molar-refractivity contribution >= 4 is 28.2 Å². The summed E-state index contributed by atoms with van der Waals surface area (Å²) in [6.45, 7) is 7.01. The summed E-state index contributed by atoms with van der Waals surface area (Å²) in [6, 6.07) is 0. The Kier molecular flexibility index (Phi) is 6.51.